The highest BCUT2D eigenvalue weighted by atomic mass is 15.1. The molecule has 55 heavy (non-hydrogen) atoms. The van der Waals surface area contributed by atoms with Gasteiger partial charge in [-0.05, 0) is 108 Å². The molecule has 0 heterocycles. The van der Waals surface area contributed by atoms with Gasteiger partial charge in [-0.1, -0.05) is 188 Å². The van der Waals surface area contributed by atoms with Gasteiger partial charge in [-0.25, -0.2) is 0 Å². The second kappa shape index (κ2) is 14.0. The predicted octanol–water partition coefficient (Wildman–Crippen LogP) is 15.3. The van der Waals surface area contributed by atoms with Crippen LogP contribution < -0.4 is 4.90 Å². The van der Waals surface area contributed by atoms with Crippen molar-refractivity contribution in [2.45, 2.75) is 0 Å². The molecule has 0 unspecified atom stereocenters. The van der Waals surface area contributed by atoms with Crippen LogP contribution >= 0.6 is 0 Å². The van der Waals surface area contributed by atoms with E-state index in [1.807, 2.05) is 102 Å². The van der Waals surface area contributed by atoms with E-state index in [9.17, 15) is 5.48 Å². The molecule has 0 aliphatic carbocycles. The summed E-state index contributed by atoms with van der Waals surface area (Å²) in [6.45, 7) is 0. The summed E-state index contributed by atoms with van der Waals surface area (Å²) in [5, 5.41) is 6.61. The maximum atomic E-state index is 9.56. The third-order valence-electron chi connectivity index (χ3n) is 10.5. The minimum atomic E-state index is -0.113. The third kappa shape index (κ3) is 6.12. The van der Waals surface area contributed by atoms with Crippen LogP contribution in [0.25, 0.3) is 76.8 Å². The molecular formula is C54H37N. The Morgan fingerprint density at radius 2 is 0.855 bits per heavy atom. The SMILES string of the molecule is [2H]c1c([2H])c(N(c2ccc(-c3ccc4ccccc4c3-c3ccccc3)cc2)c2cccc3ccccc23)c([2H])c([2H])c1-c1ccc(-c2ccc3ccccc3c2)cc1. The Labute approximate surface area is 327 Å². The summed E-state index contributed by atoms with van der Waals surface area (Å²) in [6, 6.07) is 67.5. The molecule has 0 aliphatic heterocycles. The van der Waals surface area contributed by atoms with E-state index >= 15 is 0 Å². The second-order valence-corrected chi connectivity index (χ2v) is 13.8. The topological polar surface area (TPSA) is 3.24 Å². The lowest BCUT2D eigenvalue weighted by Crippen LogP contribution is -2.10. The largest absolute Gasteiger partial charge is 0.310 e. The van der Waals surface area contributed by atoms with E-state index in [4.69, 9.17) is 0 Å². The molecule has 0 radical (unpaired) electrons. The lowest BCUT2D eigenvalue weighted by Gasteiger charge is -2.27. The van der Waals surface area contributed by atoms with Crippen molar-refractivity contribution in [3.63, 3.8) is 0 Å². The summed E-state index contributed by atoms with van der Waals surface area (Å²) >= 11 is 0. The molecule has 0 saturated carbocycles. The number of anilines is 3. The van der Waals surface area contributed by atoms with Crippen LogP contribution in [0.1, 0.15) is 5.48 Å². The molecule has 1 heteroatoms. The Kier molecular flexibility index (Phi) is 7.19. The lowest BCUT2D eigenvalue weighted by atomic mass is 9.90. The average Bonchev–Trinajstić information content (AvgIpc) is 3.30. The van der Waals surface area contributed by atoms with Gasteiger partial charge in [-0.2, -0.15) is 0 Å². The van der Waals surface area contributed by atoms with Crippen molar-refractivity contribution in [3.05, 3.63) is 224 Å². The number of hydrogen-bond donors (Lipinski definition) is 0. The molecule has 10 aromatic rings. The van der Waals surface area contributed by atoms with Crippen molar-refractivity contribution in [2.75, 3.05) is 4.90 Å². The first-order valence-electron chi connectivity index (χ1n) is 20.6. The van der Waals surface area contributed by atoms with E-state index in [-0.39, 0.29) is 35.4 Å². The summed E-state index contributed by atoms with van der Waals surface area (Å²) in [5.74, 6) is 0. The Balaban J connectivity index is 1.10. The smallest absolute Gasteiger partial charge is 0.0645 e. The molecule has 0 amide bonds. The van der Waals surface area contributed by atoms with E-state index in [1.165, 1.54) is 16.2 Å². The Morgan fingerprint density at radius 1 is 0.309 bits per heavy atom. The van der Waals surface area contributed by atoms with Crippen molar-refractivity contribution in [1.29, 1.82) is 0 Å². The molecule has 0 saturated heterocycles. The van der Waals surface area contributed by atoms with Gasteiger partial charge in [0.2, 0.25) is 0 Å². The molecule has 0 fully saturated rings. The number of rotatable bonds is 7. The first-order chi connectivity index (χ1) is 28.9. The van der Waals surface area contributed by atoms with Crippen LogP contribution in [-0.2, 0) is 0 Å². The van der Waals surface area contributed by atoms with Crippen molar-refractivity contribution >= 4 is 49.4 Å². The highest BCUT2D eigenvalue weighted by Crippen LogP contribution is 2.42. The minimum absolute atomic E-state index is 0.0926. The first kappa shape index (κ1) is 28.3. The quantitative estimate of drug-likeness (QED) is 0.160. The first-order valence-corrected chi connectivity index (χ1v) is 18.6. The third-order valence-corrected chi connectivity index (χ3v) is 10.5. The highest BCUT2D eigenvalue weighted by Gasteiger charge is 2.17. The highest BCUT2D eigenvalue weighted by molar-refractivity contribution is 6.04. The van der Waals surface area contributed by atoms with Gasteiger partial charge in [0.1, 0.15) is 0 Å². The van der Waals surface area contributed by atoms with E-state index in [0.29, 0.717) is 5.56 Å². The number of hydrogen-bond acceptors (Lipinski definition) is 1. The van der Waals surface area contributed by atoms with Gasteiger partial charge < -0.3 is 4.90 Å². The maximum absolute atomic E-state index is 9.56. The summed E-state index contributed by atoms with van der Waals surface area (Å²) in [5.41, 5.74) is 9.06. The fourth-order valence-electron chi connectivity index (χ4n) is 7.77. The molecule has 0 aliphatic rings. The molecule has 0 atom stereocenters. The molecule has 10 aromatic carbocycles. The van der Waals surface area contributed by atoms with Crippen molar-refractivity contribution in [2.24, 2.45) is 0 Å². The van der Waals surface area contributed by atoms with Crippen LogP contribution in [0.15, 0.2) is 224 Å². The van der Waals surface area contributed by atoms with Gasteiger partial charge in [0, 0.05) is 16.8 Å². The molecule has 258 valence electrons. The standard InChI is InChI=1S/C54H37N/c1-2-14-45(15-3-1)54-51-19-9-7-13-43(51)31-36-52(54)44-29-34-49(35-30-44)55(53-20-10-17-42-12-6-8-18-50(42)53)48-32-27-40(28-33-48)39-21-23-41(24-22-39)47-26-25-38-11-4-5-16-46(38)37-47/h1-37H/i27D,28D,32D,33D. The average molecular weight is 704 g/mol. The predicted molar refractivity (Wildman–Crippen MR) is 235 cm³/mol. The van der Waals surface area contributed by atoms with E-state index in [1.54, 1.807) is 0 Å². The monoisotopic (exact) mass is 703 g/mol. The van der Waals surface area contributed by atoms with Crippen LogP contribution in [0.5, 0.6) is 0 Å². The molecule has 1 nitrogen and oxygen atoms in total. The van der Waals surface area contributed by atoms with Gasteiger partial charge in [-0.15, -0.1) is 0 Å². The lowest BCUT2D eigenvalue weighted by molar-refractivity contribution is 1.30. The van der Waals surface area contributed by atoms with Crippen LogP contribution in [0, 0.1) is 0 Å². The van der Waals surface area contributed by atoms with Crippen LogP contribution in [0.4, 0.5) is 17.1 Å². The zero-order valence-electron chi connectivity index (χ0n) is 34.0. The number of nitrogens with zero attached hydrogens (tertiary/aromatic N) is 1. The summed E-state index contributed by atoms with van der Waals surface area (Å²) in [6.07, 6.45) is 0. The van der Waals surface area contributed by atoms with Gasteiger partial charge in [0.15, 0.2) is 0 Å². The van der Waals surface area contributed by atoms with Crippen molar-refractivity contribution < 1.29 is 5.48 Å². The van der Waals surface area contributed by atoms with Crippen molar-refractivity contribution in [1.82, 2.24) is 0 Å². The van der Waals surface area contributed by atoms with Gasteiger partial charge in [-0.3, -0.25) is 0 Å². The zero-order valence-corrected chi connectivity index (χ0v) is 30.0. The summed E-state index contributed by atoms with van der Waals surface area (Å²) in [4.78, 5) is 1.89. The Morgan fingerprint density at radius 3 is 1.60 bits per heavy atom. The van der Waals surface area contributed by atoms with Gasteiger partial charge in [0.05, 0.1) is 11.2 Å². The van der Waals surface area contributed by atoms with Crippen molar-refractivity contribution in [3.8, 4) is 44.5 Å². The molecule has 0 spiro atoms. The maximum Gasteiger partial charge on any atom is 0.0645 e. The van der Waals surface area contributed by atoms with E-state index < -0.39 is 0 Å². The Hall–Kier alpha value is -7.22. The molecule has 0 bridgehead atoms. The van der Waals surface area contributed by atoms with Gasteiger partial charge >= 0.3 is 0 Å². The summed E-state index contributed by atoms with van der Waals surface area (Å²) in [7, 11) is 0. The Bertz CT molecular complexity index is 3160. The summed E-state index contributed by atoms with van der Waals surface area (Å²) < 4.78 is 37.9. The van der Waals surface area contributed by atoms with Gasteiger partial charge in [0.25, 0.3) is 0 Å². The second-order valence-electron chi connectivity index (χ2n) is 13.8. The number of fused-ring (bicyclic) bond motifs is 3. The molecular weight excluding hydrogens is 663 g/mol. The number of benzene rings is 10. The molecule has 10 rings (SSSR count). The molecule has 0 aromatic heterocycles. The van der Waals surface area contributed by atoms with Crippen LogP contribution in [-0.4, -0.2) is 0 Å². The normalized spacial score (nSPS) is 12.3. The van der Waals surface area contributed by atoms with Crippen LogP contribution in [0.3, 0.4) is 0 Å². The van der Waals surface area contributed by atoms with Crippen LogP contribution in [0.2, 0.25) is 0 Å². The van der Waals surface area contributed by atoms with E-state index in [0.717, 1.165) is 60.9 Å². The van der Waals surface area contributed by atoms with E-state index in [2.05, 4.69) is 103 Å². The molecule has 0 N–H and O–H groups in total. The minimum Gasteiger partial charge on any atom is -0.310 e. The zero-order chi connectivity index (χ0) is 40.0. The fourth-order valence-corrected chi connectivity index (χ4v) is 7.77. The fraction of sp³-hybridized carbons (Fsp3) is 0.